The van der Waals surface area contributed by atoms with Gasteiger partial charge in [0.05, 0.1) is 5.56 Å². The van der Waals surface area contributed by atoms with Gasteiger partial charge in [0.25, 0.3) is 5.56 Å². The van der Waals surface area contributed by atoms with Gasteiger partial charge in [-0.1, -0.05) is 17.4 Å². The molecule has 0 unspecified atom stereocenters. The minimum Gasteiger partial charge on any atom is -0.504 e. The zero-order chi connectivity index (χ0) is 17.6. The topological polar surface area (TPSA) is 145 Å². The van der Waals surface area contributed by atoms with Crippen molar-refractivity contribution >= 4 is 43.8 Å². The Morgan fingerprint density at radius 2 is 2.04 bits per heavy atom. The number of sulfone groups is 1. The second-order valence-corrected chi connectivity index (χ2v) is 8.07. The summed E-state index contributed by atoms with van der Waals surface area (Å²) >= 11 is 0.730. The highest BCUT2D eigenvalue weighted by Gasteiger charge is 2.19. The molecule has 0 aromatic carbocycles. The SMILES string of the molecule is CS(=O)(=O)c1nn2c(N)c(/C=C3\C=CC(=O)C(O)=C3)c(=O)nc2s1. The maximum absolute atomic E-state index is 12.1. The standard InChI is InChI=1S/C13H10N4O5S2/c1-24(21,22)13-16-17-10(14)7(11(20)15-12(17)23-13)4-6-2-3-8(18)9(19)5-6/h2-5,19H,14H2,1H3/b6-4+. The fourth-order valence-electron chi connectivity index (χ4n) is 1.94. The Morgan fingerprint density at radius 3 is 2.67 bits per heavy atom. The molecule has 124 valence electrons. The zero-order valence-corrected chi connectivity index (χ0v) is 13.8. The van der Waals surface area contributed by atoms with Gasteiger partial charge in [0.1, 0.15) is 5.82 Å². The van der Waals surface area contributed by atoms with Gasteiger partial charge in [-0.05, 0) is 23.8 Å². The molecular formula is C13H10N4O5S2. The molecule has 0 saturated heterocycles. The van der Waals surface area contributed by atoms with Crippen LogP contribution in [0.2, 0.25) is 0 Å². The summed E-state index contributed by atoms with van der Waals surface area (Å²) in [5.41, 5.74) is 5.56. The number of nitrogens with zero attached hydrogens (tertiary/aromatic N) is 3. The normalized spacial score (nSPS) is 16.8. The lowest BCUT2D eigenvalue weighted by atomic mass is 10.1. The van der Waals surface area contributed by atoms with Crippen molar-refractivity contribution in [3.63, 3.8) is 0 Å². The largest absolute Gasteiger partial charge is 0.504 e. The Hall–Kier alpha value is -2.79. The Morgan fingerprint density at radius 1 is 1.33 bits per heavy atom. The average Bonchev–Trinajstić information content (AvgIpc) is 2.91. The fraction of sp³-hybridized carbons (Fsp3) is 0.0769. The molecule has 2 aromatic rings. The van der Waals surface area contributed by atoms with Gasteiger partial charge < -0.3 is 10.8 Å². The van der Waals surface area contributed by atoms with Gasteiger partial charge in [-0.3, -0.25) is 9.59 Å². The van der Waals surface area contributed by atoms with E-state index in [1.54, 1.807) is 0 Å². The van der Waals surface area contributed by atoms with E-state index in [1.165, 1.54) is 18.2 Å². The fourth-order valence-corrected chi connectivity index (χ4v) is 3.63. The van der Waals surface area contributed by atoms with Gasteiger partial charge in [0, 0.05) is 6.26 Å². The van der Waals surface area contributed by atoms with E-state index in [0.717, 1.165) is 28.2 Å². The number of anilines is 1. The van der Waals surface area contributed by atoms with Crippen LogP contribution in [-0.2, 0) is 14.6 Å². The average molecular weight is 366 g/mol. The molecule has 2 heterocycles. The van der Waals surface area contributed by atoms with Crippen LogP contribution in [0.25, 0.3) is 11.0 Å². The number of fused-ring (bicyclic) bond motifs is 1. The van der Waals surface area contributed by atoms with Crippen molar-refractivity contribution in [2.24, 2.45) is 0 Å². The summed E-state index contributed by atoms with van der Waals surface area (Å²) in [4.78, 5) is 27.2. The van der Waals surface area contributed by atoms with Crippen molar-refractivity contribution < 1.29 is 18.3 Å². The quantitative estimate of drug-likeness (QED) is 0.761. The Labute approximate surface area is 139 Å². The van der Waals surface area contributed by atoms with Gasteiger partial charge >= 0.3 is 0 Å². The molecular weight excluding hydrogens is 356 g/mol. The van der Waals surface area contributed by atoms with Crippen LogP contribution < -0.4 is 11.3 Å². The van der Waals surface area contributed by atoms with E-state index in [1.807, 2.05) is 0 Å². The first-order chi connectivity index (χ1) is 11.2. The summed E-state index contributed by atoms with van der Waals surface area (Å²) in [6, 6.07) is 0. The van der Waals surface area contributed by atoms with Crippen LogP contribution in [0.4, 0.5) is 5.82 Å². The van der Waals surface area contributed by atoms with E-state index >= 15 is 0 Å². The number of aliphatic hydroxyl groups is 1. The van der Waals surface area contributed by atoms with Gasteiger partial charge in [-0.25, -0.2) is 8.42 Å². The minimum absolute atomic E-state index is 0.0316. The number of hydrogen-bond acceptors (Lipinski definition) is 9. The lowest BCUT2D eigenvalue weighted by molar-refractivity contribution is -0.113. The second-order valence-electron chi connectivity index (χ2n) is 4.92. The smallest absolute Gasteiger partial charge is 0.283 e. The zero-order valence-electron chi connectivity index (χ0n) is 12.1. The molecule has 0 spiro atoms. The number of nitrogen functional groups attached to an aromatic ring is 1. The first kappa shape index (κ1) is 16.1. The molecule has 24 heavy (non-hydrogen) atoms. The number of carbonyl (C=O) groups is 1. The molecule has 0 atom stereocenters. The number of carbonyl (C=O) groups excluding carboxylic acids is 1. The number of nitrogens with two attached hydrogens (primary N) is 1. The summed E-state index contributed by atoms with van der Waals surface area (Å²) in [5, 5.41) is 13.3. The molecule has 0 amide bonds. The summed E-state index contributed by atoms with van der Waals surface area (Å²) in [7, 11) is -3.57. The number of rotatable bonds is 2. The van der Waals surface area contributed by atoms with Gasteiger partial charge in [0.15, 0.2) is 5.76 Å². The van der Waals surface area contributed by atoms with Crippen LogP contribution in [0.3, 0.4) is 0 Å². The van der Waals surface area contributed by atoms with Crippen molar-refractivity contribution in [2.45, 2.75) is 4.34 Å². The Balaban J connectivity index is 2.22. The van der Waals surface area contributed by atoms with Crippen molar-refractivity contribution in [1.29, 1.82) is 0 Å². The van der Waals surface area contributed by atoms with Crippen LogP contribution in [0.5, 0.6) is 0 Å². The third kappa shape index (κ3) is 2.74. The number of aromatic nitrogens is 3. The third-order valence-corrected chi connectivity index (χ3v) is 5.66. The number of aliphatic hydroxyl groups excluding tert-OH is 1. The van der Waals surface area contributed by atoms with Crippen LogP contribution >= 0.6 is 11.3 Å². The molecule has 9 nitrogen and oxygen atoms in total. The molecule has 11 heteroatoms. The predicted molar refractivity (Wildman–Crippen MR) is 87.5 cm³/mol. The van der Waals surface area contributed by atoms with E-state index in [9.17, 15) is 23.1 Å². The number of hydrogen-bond donors (Lipinski definition) is 2. The Bertz CT molecular complexity index is 1140. The van der Waals surface area contributed by atoms with Gasteiger partial charge in [-0.15, -0.1) is 5.10 Å². The molecule has 2 aromatic heterocycles. The lowest BCUT2D eigenvalue weighted by Gasteiger charge is -2.05. The first-order valence-electron chi connectivity index (χ1n) is 6.41. The Kier molecular flexibility index (Phi) is 3.61. The molecule has 0 saturated carbocycles. The van der Waals surface area contributed by atoms with E-state index in [4.69, 9.17) is 5.73 Å². The predicted octanol–water partition coefficient (Wildman–Crippen LogP) is 0.101. The first-order valence-corrected chi connectivity index (χ1v) is 9.12. The van der Waals surface area contributed by atoms with Crippen LogP contribution in [-0.4, -0.2) is 40.2 Å². The van der Waals surface area contributed by atoms with Crippen LogP contribution in [0.1, 0.15) is 5.56 Å². The molecule has 3 rings (SSSR count). The highest BCUT2D eigenvalue weighted by atomic mass is 32.2. The van der Waals surface area contributed by atoms with E-state index in [2.05, 4.69) is 10.1 Å². The van der Waals surface area contributed by atoms with Crippen LogP contribution in [0.15, 0.2) is 38.7 Å². The highest BCUT2D eigenvalue weighted by molar-refractivity contribution is 7.92. The molecule has 3 N–H and O–H groups in total. The molecule has 1 aliphatic carbocycles. The lowest BCUT2D eigenvalue weighted by Crippen LogP contribution is -2.17. The molecule has 1 aliphatic rings. The molecule has 0 aliphatic heterocycles. The summed E-state index contributed by atoms with van der Waals surface area (Å²) in [5.74, 6) is -1.12. The molecule has 0 radical (unpaired) electrons. The maximum Gasteiger partial charge on any atom is 0.283 e. The van der Waals surface area contributed by atoms with Crippen molar-refractivity contribution in [3.8, 4) is 0 Å². The number of ketones is 1. The van der Waals surface area contributed by atoms with E-state index in [-0.39, 0.29) is 20.7 Å². The molecule has 0 bridgehead atoms. The molecule has 0 fully saturated rings. The summed E-state index contributed by atoms with van der Waals surface area (Å²) in [6.07, 6.45) is 6.04. The maximum atomic E-state index is 12.1. The summed E-state index contributed by atoms with van der Waals surface area (Å²) in [6.45, 7) is 0. The number of allylic oxidation sites excluding steroid dienone is 4. The summed E-state index contributed by atoms with van der Waals surface area (Å²) < 4.78 is 24.0. The van der Waals surface area contributed by atoms with Gasteiger partial charge in [-0.2, -0.15) is 9.50 Å². The third-order valence-electron chi connectivity index (χ3n) is 3.08. The van der Waals surface area contributed by atoms with Crippen molar-refractivity contribution in [3.05, 3.63) is 45.5 Å². The van der Waals surface area contributed by atoms with Crippen molar-refractivity contribution in [2.75, 3.05) is 12.0 Å². The van der Waals surface area contributed by atoms with Crippen LogP contribution in [0, 0.1) is 0 Å². The minimum atomic E-state index is -3.57. The van der Waals surface area contributed by atoms with E-state index in [0.29, 0.717) is 5.57 Å². The highest BCUT2D eigenvalue weighted by Crippen LogP contribution is 2.22. The van der Waals surface area contributed by atoms with E-state index < -0.39 is 26.9 Å². The van der Waals surface area contributed by atoms with Crippen molar-refractivity contribution in [1.82, 2.24) is 14.6 Å². The monoisotopic (exact) mass is 366 g/mol. The second kappa shape index (κ2) is 5.39. The van der Waals surface area contributed by atoms with Gasteiger partial charge in [0.2, 0.25) is 24.9 Å².